The van der Waals surface area contributed by atoms with Crippen LogP contribution >= 0.6 is 0 Å². The van der Waals surface area contributed by atoms with E-state index < -0.39 is 12.1 Å². The van der Waals surface area contributed by atoms with Crippen molar-refractivity contribution >= 4 is 23.3 Å². The lowest BCUT2D eigenvalue weighted by Gasteiger charge is -2.21. The maximum absolute atomic E-state index is 12.6. The van der Waals surface area contributed by atoms with Crippen molar-refractivity contribution < 1.29 is 9.59 Å². The minimum atomic E-state index is -0.673. The number of fused-ring (bicyclic) bond motifs is 1. The molecule has 0 saturated heterocycles. The van der Waals surface area contributed by atoms with Gasteiger partial charge in [-0.15, -0.1) is 10.2 Å². The minimum Gasteiger partial charge on any atom is -0.347 e. The first kappa shape index (κ1) is 18.4. The van der Waals surface area contributed by atoms with Gasteiger partial charge >= 0.3 is 6.03 Å². The summed E-state index contributed by atoms with van der Waals surface area (Å²) in [6.45, 7) is 3.97. The maximum Gasteiger partial charge on any atom is 0.319 e. The molecule has 0 aliphatic heterocycles. The van der Waals surface area contributed by atoms with Crippen LogP contribution in [-0.2, 0) is 11.3 Å². The monoisotopic (exact) mass is 366 g/mol. The van der Waals surface area contributed by atoms with Gasteiger partial charge in [0.25, 0.3) is 0 Å². The summed E-state index contributed by atoms with van der Waals surface area (Å²) in [5, 5.41) is 16.4. The summed E-state index contributed by atoms with van der Waals surface area (Å²) in [7, 11) is 0. The van der Waals surface area contributed by atoms with Gasteiger partial charge in [-0.2, -0.15) is 0 Å². The van der Waals surface area contributed by atoms with Crippen molar-refractivity contribution in [3.8, 4) is 0 Å². The lowest BCUT2D eigenvalue weighted by Crippen LogP contribution is -2.50. The highest BCUT2D eigenvalue weighted by Crippen LogP contribution is 2.07. The molecule has 0 fully saturated rings. The predicted molar refractivity (Wildman–Crippen MR) is 102 cm³/mol. The number of pyridine rings is 1. The van der Waals surface area contributed by atoms with E-state index >= 15 is 0 Å². The van der Waals surface area contributed by atoms with Crippen LogP contribution in [0.3, 0.4) is 0 Å². The molecule has 2 heterocycles. The summed E-state index contributed by atoms with van der Waals surface area (Å²) in [4.78, 5) is 24.8. The Hall–Kier alpha value is -3.42. The minimum absolute atomic E-state index is 0.0818. The van der Waals surface area contributed by atoms with Crippen LogP contribution in [0.2, 0.25) is 0 Å². The van der Waals surface area contributed by atoms with Gasteiger partial charge in [0.1, 0.15) is 6.04 Å². The third-order valence-electron chi connectivity index (χ3n) is 4.07. The van der Waals surface area contributed by atoms with E-state index in [2.05, 4.69) is 26.1 Å². The fourth-order valence-electron chi connectivity index (χ4n) is 2.65. The highest BCUT2D eigenvalue weighted by molar-refractivity contribution is 5.93. The van der Waals surface area contributed by atoms with Gasteiger partial charge in [-0.05, 0) is 30.2 Å². The molecule has 3 rings (SSSR count). The second-order valence-corrected chi connectivity index (χ2v) is 6.45. The lowest BCUT2D eigenvalue weighted by atomic mass is 10.0. The first-order valence-electron chi connectivity index (χ1n) is 8.73. The highest BCUT2D eigenvalue weighted by atomic mass is 16.2. The number of benzene rings is 1. The molecular formula is C19H22N6O2. The smallest absolute Gasteiger partial charge is 0.319 e. The standard InChI is InChI=1S/C19H22N6O2/c1-13(2)17(22-19(27)21-14-8-4-3-5-9-14)18(26)20-12-16-24-23-15-10-6-7-11-25(15)16/h3-11,13,17H,12H2,1-2H3,(H,20,26)(H2,21,22,27)/t17-/m0/s1. The number of hydrogen-bond donors (Lipinski definition) is 3. The van der Waals surface area contributed by atoms with Gasteiger partial charge in [-0.25, -0.2) is 4.79 Å². The summed E-state index contributed by atoms with van der Waals surface area (Å²) in [5.41, 5.74) is 1.37. The van der Waals surface area contributed by atoms with Gasteiger partial charge in [-0.1, -0.05) is 38.1 Å². The lowest BCUT2D eigenvalue weighted by molar-refractivity contribution is -0.124. The molecule has 27 heavy (non-hydrogen) atoms. The van der Waals surface area contributed by atoms with Crippen molar-refractivity contribution in [3.63, 3.8) is 0 Å². The van der Waals surface area contributed by atoms with Crippen LogP contribution in [-0.4, -0.2) is 32.6 Å². The van der Waals surface area contributed by atoms with Crippen molar-refractivity contribution in [2.45, 2.75) is 26.4 Å². The first-order valence-corrected chi connectivity index (χ1v) is 8.73. The maximum atomic E-state index is 12.6. The van der Waals surface area contributed by atoms with Crippen LogP contribution in [0.15, 0.2) is 54.7 Å². The number of urea groups is 1. The second-order valence-electron chi connectivity index (χ2n) is 6.45. The number of carbonyl (C=O) groups is 2. The highest BCUT2D eigenvalue weighted by Gasteiger charge is 2.24. The Morgan fingerprint density at radius 1 is 1.04 bits per heavy atom. The summed E-state index contributed by atoms with van der Waals surface area (Å²) < 4.78 is 1.81. The van der Waals surface area contributed by atoms with E-state index in [-0.39, 0.29) is 18.4 Å². The molecule has 0 bridgehead atoms. The molecule has 2 aromatic heterocycles. The van der Waals surface area contributed by atoms with Gasteiger partial charge < -0.3 is 16.0 Å². The summed E-state index contributed by atoms with van der Waals surface area (Å²) in [5.74, 6) is 0.262. The molecule has 0 unspecified atom stereocenters. The molecule has 0 saturated carbocycles. The molecule has 3 N–H and O–H groups in total. The van der Waals surface area contributed by atoms with Crippen molar-refractivity contribution in [2.24, 2.45) is 5.92 Å². The molecule has 0 spiro atoms. The number of rotatable bonds is 6. The quantitative estimate of drug-likeness (QED) is 0.622. The number of aromatic nitrogens is 3. The number of carbonyl (C=O) groups excluding carboxylic acids is 2. The third-order valence-corrected chi connectivity index (χ3v) is 4.07. The summed E-state index contributed by atoms with van der Waals surface area (Å²) >= 11 is 0. The van der Waals surface area contributed by atoms with Crippen LogP contribution in [0.1, 0.15) is 19.7 Å². The van der Waals surface area contributed by atoms with Crippen molar-refractivity contribution in [1.29, 1.82) is 0 Å². The van der Waals surface area contributed by atoms with Crippen LogP contribution < -0.4 is 16.0 Å². The van der Waals surface area contributed by atoms with E-state index in [9.17, 15) is 9.59 Å². The van der Waals surface area contributed by atoms with E-state index in [4.69, 9.17) is 0 Å². The van der Waals surface area contributed by atoms with E-state index in [0.717, 1.165) is 0 Å². The molecule has 0 aliphatic carbocycles. The molecule has 1 atom stereocenters. The van der Waals surface area contributed by atoms with E-state index in [1.54, 1.807) is 16.5 Å². The average molecular weight is 366 g/mol. The predicted octanol–water partition coefficient (Wildman–Crippen LogP) is 2.19. The van der Waals surface area contributed by atoms with Crippen LogP contribution in [0.4, 0.5) is 10.5 Å². The molecular weight excluding hydrogens is 344 g/mol. The molecule has 1 aromatic carbocycles. The number of nitrogens with one attached hydrogen (secondary N) is 3. The molecule has 0 radical (unpaired) electrons. The van der Waals surface area contributed by atoms with Crippen LogP contribution in [0.5, 0.6) is 0 Å². The zero-order valence-corrected chi connectivity index (χ0v) is 15.2. The Morgan fingerprint density at radius 3 is 2.52 bits per heavy atom. The number of para-hydroxylation sites is 1. The average Bonchev–Trinajstić information content (AvgIpc) is 3.08. The molecule has 140 valence electrons. The molecule has 3 amide bonds. The van der Waals surface area contributed by atoms with Crippen molar-refractivity contribution in [1.82, 2.24) is 25.2 Å². The van der Waals surface area contributed by atoms with E-state index in [1.807, 2.05) is 56.4 Å². The Balaban J connectivity index is 1.60. The number of hydrogen-bond acceptors (Lipinski definition) is 4. The number of nitrogens with zero attached hydrogens (tertiary/aromatic N) is 3. The zero-order valence-electron chi connectivity index (χ0n) is 15.2. The SMILES string of the molecule is CC(C)[C@H](NC(=O)Nc1ccccc1)C(=O)NCc1nnc2ccccn12. The third kappa shape index (κ3) is 4.60. The van der Waals surface area contributed by atoms with Gasteiger partial charge in [0.2, 0.25) is 5.91 Å². The number of anilines is 1. The fourth-order valence-corrected chi connectivity index (χ4v) is 2.65. The van der Waals surface area contributed by atoms with E-state index in [0.29, 0.717) is 17.2 Å². The van der Waals surface area contributed by atoms with Gasteiger partial charge in [0.15, 0.2) is 11.5 Å². The van der Waals surface area contributed by atoms with Crippen molar-refractivity contribution in [3.05, 3.63) is 60.6 Å². The van der Waals surface area contributed by atoms with Gasteiger partial charge in [0, 0.05) is 11.9 Å². The van der Waals surface area contributed by atoms with Gasteiger partial charge in [0.05, 0.1) is 6.54 Å². The Morgan fingerprint density at radius 2 is 1.78 bits per heavy atom. The summed E-state index contributed by atoms with van der Waals surface area (Å²) in [6, 6.07) is 13.5. The fraction of sp³-hybridized carbons (Fsp3) is 0.263. The Kier molecular flexibility index (Phi) is 5.65. The van der Waals surface area contributed by atoms with Crippen molar-refractivity contribution in [2.75, 3.05) is 5.32 Å². The number of amides is 3. The van der Waals surface area contributed by atoms with Crippen LogP contribution in [0, 0.1) is 5.92 Å². The Labute approximate surface area is 157 Å². The van der Waals surface area contributed by atoms with Crippen LogP contribution in [0.25, 0.3) is 5.65 Å². The second kappa shape index (κ2) is 8.31. The van der Waals surface area contributed by atoms with E-state index in [1.165, 1.54) is 0 Å². The molecule has 8 nitrogen and oxygen atoms in total. The molecule has 0 aliphatic rings. The first-order chi connectivity index (χ1) is 13.0. The Bertz CT molecular complexity index is 922. The molecule has 3 aromatic rings. The largest absolute Gasteiger partial charge is 0.347 e. The summed E-state index contributed by atoms with van der Waals surface area (Å²) in [6.07, 6.45) is 1.84. The molecule has 8 heteroatoms. The topological polar surface area (TPSA) is 100 Å². The van der Waals surface area contributed by atoms with Gasteiger partial charge in [-0.3, -0.25) is 9.20 Å². The zero-order chi connectivity index (χ0) is 19.2. The normalized spacial score (nSPS) is 12.0.